The lowest BCUT2D eigenvalue weighted by atomic mass is 9.97. The zero-order chi connectivity index (χ0) is 47.4. The first-order valence-electron chi connectivity index (χ1n) is 22.0. The Morgan fingerprint density at radius 1 is 0.582 bits per heavy atom. The van der Waals surface area contributed by atoms with Crippen molar-refractivity contribution in [3.63, 3.8) is 0 Å². The van der Waals surface area contributed by atoms with Crippen LogP contribution >= 0.6 is 11.6 Å². The summed E-state index contributed by atoms with van der Waals surface area (Å²) in [7, 11) is 0. The normalized spacial score (nSPS) is 16.0. The van der Waals surface area contributed by atoms with Crippen molar-refractivity contribution in [3.8, 4) is 34.8 Å². The van der Waals surface area contributed by atoms with Gasteiger partial charge in [-0.05, 0) is 137 Å². The predicted octanol–water partition coefficient (Wildman–Crippen LogP) is 7.82. The molecule has 10 rings (SSSR count). The van der Waals surface area contributed by atoms with Crippen LogP contribution in [-0.2, 0) is 9.59 Å². The molecule has 1 amide bonds. The molecule has 4 aliphatic rings. The number of halogens is 1. The lowest BCUT2D eigenvalue weighted by molar-refractivity contribution is -0.129. The molecule has 2 saturated heterocycles. The molecule has 0 aliphatic carbocycles. The summed E-state index contributed by atoms with van der Waals surface area (Å²) in [5.41, 5.74) is 6.67. The molecular formula is C50H51ClN6O10. The number of aromatic nitrogens is 2. The lowest BCUT2D eigenvalue weighted by Gasteiger charge is -2.29. The van der Waals surface area contributed by atoms with Crippen molar-refractivity contribution >= 4 is 67.5 Å². The molecule has 348 valence electrons. The number of H-pyrrole nitrogens is 2. The smallest absolute Gasteiger partial charge is 0.231 e. The summed E-state index contributed by atoms with van der Waals surface area (Å²) in [6, 6.07) is 22.1. The van der Waals surface area contributed by atoms with Crippen molar-refractivity contribution in [2.75, 3.05) is 39.8 Å². The second kappa shape index (κ2) is 20.1. The van der Waals surface area contributed by atoms with Gasteiger partial charge in [0.15, 0.2) is 46.3 Å². The van der Waals surface area contributed by atoms with Gasteiger partial charge in [-0.15, -0.1) is 0 Å². The van der Waals surface area contributed by atoms with E-state index in [2.05, 4.69) is 26.9 Å². The van der Waals surface area contributed by atoms with Gasteiger partial charge in [0, 0.05) is 71.0 Å². The summed E-state index contributed by atoms with van der Waals surface area (Å²) in [5.74, 6) is 2.66. The summed E-state index contributed by atoms with van der Waals surface area (Å²) in [5, 5.41) is 26.2. The third kappa shape index (κ3) is 10.5. The molecule has 16 nitrogen and oxygen atoms in total. The molecule has 0 radical (unpaired) electrons. The number of fused-ring (bicyclic) bond motifs is 4. The summed E-state index contributed by atoms with van der Waals surface area (Å²) in [6.45, 7) is 9.40. The average Bonchev–Trinajstić information content (AvgIpc) is 4.12. The van der Waals surface area contributed by atoms with Crippen molar-refractivity contribution in [1.82, 2.24) is 20.2 Å². The van der Waals surface area contributed by atoms with Gasteiger partial charge in [-0.2, -0.15) is 0 Å². The largest absolute Gasteiger partial charge is 0.494 e. The van der Waals surface area contributed by atoms with E-state index in [9.17, 15) is 29.4 Å². The van der Waals surface area contributed by atoms with Crippen LogP contribution in [0.5, 0.6) is 34.8 Å². The standard InChI is InChI=1S/C25H25N3O5.C23H23N3O4.C2H3ClO/c1-14(29)16-3-5-20-19(11-16)23(25(31)27-20)24(17-4-6-21-22(12-17)33-13-32-21)26-18-7-9-28(10-8-18)15(2)30;1-13(27)14-2-4-18-17(10-14)21(23(28)26-18)22(25-16-6-8-24-9-7-16)15-3-5-19-20(11-15)30-12-29-19;1-2(3)4/h3-6,11-12,18,27,31H,7-10,13H2,1-2H3;2-5,10-11,16,24,26,28H,6-9,12H2,1H3;1H3. The predicted molar refractivity (Wildman–Crippen MR) is 254 cm³/mol. The zero-order valence-electron chi connectivity index (χ0n) is 37.5. The van der Waals surface area contributed by atoms with Crippen LogP contribution in [-0.4, -0.2) is 111 Å². The second-order valence-electron chi connectivity index (χ2n) is 16.6. The Morgan fingerprint density at radius 2 is 0.985 bits per heavy atom. The van der Waals surface area contributed by atoms with Gasteiger partial charge >= 0.3 is 0 Å². The van der Waals surface area contributed by atoms with E-state index in [-0.39, 0.29) is 60.1 Å². The molecule has 4 aliphatic heterocycles. The number of benzene rings is 4. The number of carbonyl (C=O) groups excluding carboxylic acids is 4. The van der Waals surface area contributed by atoms with Crippen LogP contribution < -0.4 is 24.3 Å². The minimum Gasteiger partial charge on any atom is -0.494 e. The van der Waals surface area contributed by atoms with Crippen LogP contribution in [0, 0.1) is 0 Å². The van der Waals surface area contributed by atoms with E-state index in [1.807, 2.05) is 53.4 Å². The molecule has 4 aromatic carbocycles. The van der Waals surface area contributed by atoms with Crippen molar-refractivity contribution in [2.24, 2.45) is 9.98 Å². The van der Waals surface area contributed by atoms with Gasteiger partial charge in [-0.25, -0.2) is 0 Å². The average molecular weight is 931 g/mol. The van der Waals surface area contributed by atoms with Crippen LogP contribution in [0.1, 0.15) is 96.3 Å². The van der Waals surface area contributed by atoms with Crippen molar-refractivity contribution < 1.29 is 48.3 Å². The molecular weight excluding hydrogens is 880 g/mol. The number of hydrogen-bond acceptors (Lipinski definition) is 13. The number of nitrogens with zero attached hydrogens (tertiary/aromatic N) is 3. The van der Waals surface area contributed by atoms with Crippen molar-refractivity contribution in [2.45, 2.75) is 65.5 Å². The van der Waals surface area contributed by atoms with E-state index < -0.39 is 0 Å². The summed E-state index contributed by atoms with van der Waals surface area (Å²) in [6.07, 6.45) is 3.32. The Bertz CT molecular complexity index is 2940. The SMILES string of the molecule is CC(=O)Cl.CC(=O)c1ccc2[nH]c(O)c(C(=NC3CCN(C(C)=O)CC3)c3ccc4c(c3)OCO4)c2c1.CC(=O)c1ccc2[nH]c(O)c(C(=NC3CCNCC3)c3ccc4c(c3)OCO4)c2c1. The number of aliphatic imine (C=N–C) groups is 2. The van der Waals surface area contributed by atoms with Gasteiger partial charge in [0.25, 0.3) is 0 Å². The molecule has 0 bridgehead atoms. The fourth-order valence-electron chi connectivity index (χ4n) is 8.54. The van der Waals surface area contributed by atoms with Crippen molar-refractivity contribution in [1.29, 1.82) is 0 Å². The fourth-order valence-corrected chi connectivity index (χ4v) is 8.54. The van der Waals surface area contributed by atoms with Gasteiger partial charge in [0.1, 0.15) is 0 Å². The highest BCUT2D eigenvalue weighted by molar-refractivity contribution is 6.62. The Hall–Kier alpha value is -7.17. The Labute approximate surface area is 390 Å². The Morgan fingerprint density at radius 3 is 1.40 bits per heavy atom. The summed E-state index contributed by atoms with van der Waals surface area (Å²) >= 11 is 4.64. The minimum absolute atomic E-state index is 0.0108. The number of rotatable bonds is 8. The third-order valence-corrected chi connectivity index (χ3v) is 12.0. The summed E-state index contributed by atoms with van der Waals surface area (Å²) in [4.78, 5) is 62.9. The Balaban J connectivity index is 0.000000169. The van der Waals surface area contributed by atoms with Gasteiger partial charge < -0.3 is 49.3 Å². The topological polar surface area (TPSA) is 217 Å². The maximum Gasteiger partial charge on any atom is 0.231 e. The van der Waals surface area contributed by atoms with E-state index >= 15 is 0 Å². The number of ketones is 2. The Kier molecular flexibility index (Phi) is 13.9. The monoisotopic (exact) mass is 930 g/mol. The molecule has 0 saturated carbocycles. The highest BCUT2D eigenvalue weighted by Crippen LogP contribution is 2.39. The number of aromatic amines is 2. The second-order valence-corrected chi connectivity index (χ2v) is 17.1. The molecule has 2 fully saturated rings. The van der Waals surface area contributed by atoms with E-state index in [0.29, 0.717) is 75.3 Å². The molecule has 5 N–H and O–H groups in total. The molecule has 6 heterocycles. The third-order valence-electron chi connectivity index (χ3n) is 12.0. The number of Topliss-reactive ketones (excluding diaryl/α,β-unsaturated/α-hetero) is 2. The van der Waals surface area contributed by atoms with Crippen molar-refractivity contribution in [3.05, 3.63) is 106 Å². The molecule has 2 aromatic heterocycles. The number of hydrogen-bond donors (Lipinski definition) is 5. The van der Waals surface area contributed by atoms with E-state index in [0.717, 1.165) is 66.2 Å². The van der Waals surface area contributed by atoms with Gasteiger partial charge in [0.2, 0.25) is 24.7 Å². The molecule has 0 spiro atoms. The quantitative estimate of drug-likeness (QED) is 0.0563. The number of aromatic hydroxyl groups is 2. The first-order chi connectivity index (χ1) is 32.2. The van der Waals surface area contributed by atoms with Crippen LogP contribution in [0.2, 0.25) is 0 Å². The van der Waals surface area contributed by atoms with Crippen LogP contribution in [0.4, 0.5) is 0 Å². The minimum atomic E-state index is -0.361. The number of amides is 1. The van der Waals surface area contributed by atoms with Gasteiger partial charge in [-0.3, -0.25) is 29.2 Å². The number of likely N-dealkylation sites (tertiary alicyclic amines) is 1. The lowest BCUT2D eigenvalue weighted by Crippen LogP contribution is -2.38. The highest BCUT2D eigenvalue weighted by Gasteiger charge is 2.27. The van der Waals surface area contributed by atoms with Crippen LogP contribution in [0.3, 0.4) is 0 Å². The van der Waals surface area contributed by atoms with Crippen LogP contribution in [0.25, 0.3) is 21.8 Å². The molecule has 0 atom stereocenters. The van der Waals surface area contributed by atoms with Crippen LogP contribution in [0.15, 0.2) is 82.8 Å². The summed E-state index contributed by atoms with van der Waals surface area (Å²) < 4.78 is 22.0. The first-order valence-corrected chi connectivity index (χ1v) is 22.4. The maximum atomic E-state index is 12.0. The number of ether oxygens (including phenoxy) is 4. The maximum absolute atomic E-state index is 12.0. The van der Waals surface area contributed by atoms with E-state index in [1.165, 1.54) is 20.8 Å². The van der Waals surface area contributed by atoms with E-state index in [1.54, 1.807) is 31.2 Å². The molecule has 67 heavy (non-hydrogen) atoms. The highest BCUT2D eigenvalue weighted by atomic mass is 35.5. The fraction of sp³-hybridized carbons (Fsp3) is 0.320. The van der Waals surface area contributed by atoms with Gasteiger partial charge in [0.05, 0.1) is 34.6 Å². The number of nitrogens with one attached hydrogen (secondary N) is 3. The zero-order valence-corrected chi connectivity index (χ0v) is 38.3. The molecule has 6 aromatic rings. The number of piperidine rings is 2. The number of carbonyl (C=O) groups is 4. The first kappa shape index (κ1) is 46.4. The molecule has 17 heteroatoms. The van der Waals surface area contributed by atoms with E-state index in [4.69, 9.17) is 28.9 Å². The van der Waals surface area contributed by atoms with Gasteiger partial charge in [-0.1, -0.05) is 0 Å². The molecule has 0 unspecified atom stereocenters.